The zero-order valence-corrected chi connectivity index (χ0v) is 11.0. The Labute approximate surface area is 112 Å². The van der Waals surface area contributed by atoms with Gasteiger partial charge in [-0.25, -0.2) is 4.79 Å². The van der Waals surface area contributed by atoms with E-state index in [1.165, 1.54) is 10.5 Å². The van der Waals surface area contributed by atoms with Crippen molar-refractivity contribution in [3.05, 3.63) is 35.9 Å². The Morgan fingerprint density at radius 2 is 2.21 bits per heavy atom. The van der Waals surface area contributed by atoms with Gasteiger partial charge in [0.2, 0.25) is 0 Å². The lowest BCUT2D eigenvalue weighted by Gasteiger charge is -2.24. The summed E-state index contributed by atoms with van der Waals surface area (Å²) in [5.41, 5.74) is 1.09. The summed E-state index contributed by atoms with van der Waals surface area (Å²) in [6.45, 7) is 4.48. The third-order valence-electron chi connectivity index (χ3n) is 4.11. The number of hydroxylamine groups is 2. The number of amides is 1. The summed E-state index contributed by atoms with van der Waals surface area (Å²) >= 11 is 0. The molecule has 0 bridgehead atoms. The van der Waals surface area contributed by atoms with Crippen LogP contribution in [0.3, 0.4) is 0 Å². The van der Waals surface area contributed by atoms with Crippen LogP contribution in [-0.4, -0.2) is 46.9 Å². The molecule has 2 aliphatic heterocycles. The average Bonchev–Trinajstić information content (AvgIpc) is 2.87. The van der Waals surface area contributed by atoms with Crippen LogP contribution in [-0.2, 0) is 11.4 Å². The Morgan fingerprint density at radius 1 is 1.47 bits per heavy atom. The van der Waals surface area contributed by atoms with E-state index < -0.39 is 6.09 Å². The average molecular weight is 262 g/mol. The van der Waals surface area contributed by atoms with E-state index in [9.17, 15) is 4.79 Å². The molecule has 0 aromatic heterocycles. The van der Waals surface area contributed by atoms with E-state index in [1.54, 1.807) is 0 Å². The van der Waals surface area contributed by atoms with Crippen LogP contribution in [0.2, 0.25) is 0 Å². The van der Waals surface area contributed by atoms with E-state index in [0.29, 0.717) is 26.2 Å². The Kier molecular flexibility index (Phi) is 2.95. The monoisotopic (exact) mass is 262 g/mol. The lowest BCUT2D eigenvalue weighted by Crippen LogP contribution is -2.37. The van der Waals surface area contributed by atoms with Crippen molar-refractivity contribution in [2.45, 2.75) is 19.5 Å². The van der Waals surface area contributed by atoms with Gasteiger partial charge in [0.1, 0.15) is 0 Å². The molecule has 1 aromatic carbocycles. The van der Waals surface area contributed by atoms with E-state index in [2.05, 4.69) is 19.1 Å². The number of carbonyl (C=O) groups is 1. The molecule has 1 N–H and O–H groups in total. The number of likely N-dealkylation sites (tertiary alicyclic amines) is 1. The first-order valence-corrected chi connectivity index (χ1v) is 6.50. The maximum absolute atomic E-state index is 11.1. The minimum Gasteiger partial charge on any atom is -0.465 e. The molecule has 0 saturated carbocycles. The minimum absolute atomic E-state index is 0.0901. The van der Waals surface area contributed by atoms with Crippen molar-refractivity contribution in [3.63, 3.8) is 0 Å². The maximum Gasteiger partial charge on any atom is 0.407 e. The molecular weight excluding hydrogens is 244 g/mol. The largest absolute Gasteiger partial charge is 0.465 e. The Balaban J connectivity index is 1.74. The summed E-state index contributed by atoms with van der Waals surface area (Å²) in [5, 5.41) is 11.1. The van der Waals surface area contributed by atoms with Gasteiger partial charge in [-0.2, -0.15) is 5.06 Å². The molecule has 19 heavy (non-hydrogen) atoms. The molecule has 1 aromatic rings. The van der Waals surface area contributed by atoms with Crippen molar-refractivity contribution >= 4 is 6.09 Å². The molecule has 1 amide bonds. The highest BCUT2D eigenvalue weighted by Gasteiger charge is 2.52. The SMILES string of the molecule is CC12CON(Cc3ccccc3)C1CN(C(=O)O)C2. The van der Waals surface area contributed by atoms with Crippen molar-refractivity contribution in [1.29, 1.82) is 0 Å². The van der Waals surface area contributed by atoms with Gasteiger partial charge in [-0.15, -0.1) is 0 Å². The molecular formula is C14H18N2O3. The van der Waals surface area contributed by atoms with E-state index in [1.807, 2.05) is 23.3 Å². The second kappa shape index (κ2) is 4.51. The number of hydrogen-bond acceptors (Lipinski definition) is 3. The van der Waals surface area contributed by atoms with Gasteiger partial charge in [-0.1, -0.05) is 37.3 Å². The zero-order valence-electron chi connectivity index (χ0n) is 11.0. The first-order chi connectivity index (χ1) is 9.08. The van der Waals surface area contributed by atoms with Crippen LogP contribution in [0.5, 0.6) is 0 Å². The predicted molar refractivity (Wildman–Crippen MR) is 69.4 cm³/mol. The van der Waals surface area contributed by atoms with Crippen molar-refractivity contribution in [3.8, 4) is 0 Å². The second-order valence-corrected chi connectivity index (χ2v) is 5.67. The summed E-state index contributed by atoms with van der Waals surface area (Å²) in [7, 11) is 0. The predicted octanol–water partition coefficient (Wildman–Crippen LogP) is 1.80. The van der Waals surface area contributed by atoms with Crippen LogP contribution < -0.4 is 0 Å². The molecule has 0 spiro atoms. The molecule has 102 valence electrons. The topological polar surface area (TPSA) is 53.0 Å². The van der Waals surface area contributed by atoms with Crippen LogP contribution in [0.1, 0.15) is 12.5 Å². The third-order valence-corrected chi connectivity index (χ3v) is 4.11. The maximum atomic E-state index is 11.1. The number of carboxylic acid groups (broad SMARTS) is 1. The van der Waals surface area contributed by atoms with Gasteiger partial charge >= 0.3 is 6.09 Å². The lowest BCUT2D eigenvalue weighted by molar-refractivity contribution is -0.141. The quantitative estimate of drug-likeness (QED) is 0.883. The summed E-state index contributed by atoms with van der Waals surface area (Å²) in [6, 6.07) is 10.3. The van der Waals surface area contributed by atoms with Gasteiger partial charge in [0.25, 0.3) is 0 Å². The number of nitrogens with zero attached hydrogens (tertiary/aromatic N) is 2. The second-order valence-electron chi connectivity index (χ2n) is 5.67. The van der Waals surface area contributed by atoms with E-state index in [-0.39, 0.29) is 11.5 Å². The van der Waals surface area contributed by atoms with E-state index >= 15 is 0 Å². The summed E-state index contributed by atoms with van der Waals surface area (Å²) in [5.74, 6) is 0. The van der Waals surface area contributed by atoms with Gasteiger partial charge < -0.3 is 10.0 Å². The summed E-state index contributed by atoms with van der Waals surface area (Å²) in [4.78, 5) is 18.4. The molecule has 0 aliphatic carbocycles. The smallest absolute Gasteiger partial charge is 0.407 e. The van der Waals surface area contributed by atoms with Crippen LogP contribution in [0.15, 0.2) is 30.3 Å². The Morgan fingerprint density at radius 3 is 2.89 bits per heavy atom. The highest BCUT2D eigenvalue weighted by molar-refractivity contribution is 5.65. The molecule has 3 rings (SSSR count). The summed E-state index contributed by atoms with van der Waals surface area (Å²) < 4.78 is 0. The van der Waals surface area contributed by atoms with Crippen LogP contribution in [0.4, 0.5) is 4.79 Å². The minimum atomic E-state index is -0.838. The van der Waals surface area contributed by atoms with Crippen LogP contribution in [0.25, 0.3) is 0 Å². The Bertz CT molecular complexity index is 479. The fraction of sp³-hybridized carbons (Fsp3) is 0.500. The van der Waals surface area contributed by atoms with Gasteiger partial charge in [0.05, 0.1) is 12.6 Å². The zero-order chi connectivity index (χ0) is 13.5. The normalized spacial score (nSPS) is 30.6. The van der Waals surface area contributed by atoms with Gasteiger partial charge in [0, 0.05) is 25.0 Å². The standard InChI is InChI=1S/C14H18N2O3/c1-14-9-15(13(17)18)8-12(14)16(19-10-14)7-11-5-3-2-4-6-11/h2-6,12H,7-10H2,1H3,(H,17,18). The molecule has 2 heterocycles. The van der Waals surface area contributed by atoms with Crippen molar-refractivity contribution in [2.75, 3.05) is 19.7 Å². The van der Waals surface area contributed by atoms with Gasteiger partial charge in [-0.3, -0.25) is 4.84 Å². The van der Waals surface area contributed by atoms with Gasteiger partial charge in [-0.05, 0) is 5.56 Å². The number of rotatable bonds is 2. The molecule has 5 nitrogen and oxygen atoms in total. The Hall–Kier alpha value is -1.59. The highest BCUT2D eigenvalue weighted by atomic mass is 16.7. The van der Waals surface area contributed by atoms with Crippen LogP contribution >= 0.6 is 0 Å². The van der Waals surface area contributed by atoms with Gasteiger partial charge in [0.15, 0.2) is 0 Å². The third kappa shape index (κ3) is 2.19. The first-order valence-electron chi connectivity index (χ1n) is 6.50. The highest BCUT2D eigenvalue weighted by Crippen LogP contribution is 2.40. The first kappa shape index (κ1) is 12.4. The van der Waals surface area contributed by atoms with Crippen molar-refractivity contribution in [2.24, 2.45) is 5.41 Å². The molecule has 2 fully saturated rings. The van der Waals surface area contributed by atoms with Crippen molar-refractivity contribution in [1.82, 2.24) is 9.96 Å². The molecule has 0 radical (unpaired) electrons. The fourth-order valence-electron chi connectivity index (χ4n) is 3.00. The molecule has 2 atom stereocenters. The molecule has 2 unspecified atom stereocenters. The van der Waals surface area contributed by atoms with E-state index in [0.717, 1.165) is 0 Å². The van der Waals surface area contributed by atoms with E-state index in [4.69, 9.17) is 9.94 Å². The molecule has 2 aliphatic rings. The lowest BCUT2D eigenvalue weighted by atomic mass is 9.87. The molecule has 5 heteroatoms. The number of hydrogen-bond donors (Lipinski definition) is 1. The van der Waals surface area contributed by atoms with Crippen molar-refractivity contribution < 1.29 is 14.7 Å². The summed E-state index contributed by atoms with van der Waals surface area (Å²) in [6.07, 6.45) is -0.838. The van der Waals surface area contributed by atoms with Crippen LogP contribution in [0, 0.1) is 5.41 Å². The fourth-order valence-corrected chi connectivity index (χ4v) is 3.00. The number of fused-ring (bicyclic) bond motifs is 1. The molecule has 2 saturated heterocycles. The number of benzene rings is 1.